The lowest BCUT2D eigenvalue weighted by atomic mass is 10.1. The molecule has 0 unspecified atom stereocenters. The minimum Gasteiger partial charge on any atom is -0.488 e. The summed E-state index contributed by atoms with van der Waals surface area (Å²) in [5, 5.41) is -0.302. The van der Waals surface area contributed by atoms with Crippen molar-refractivity contribution in [3.8, 4) is 5.75 Å². The van der Waals surface area contributed by atoms with E-state index in [4.69, 9.17) is 4.74 Å². The van der Waals surface area contributed by atoms with E-state index >= 15 is 0 Å². The largest absolute Gasteiger partial charge is 0.488 e. The molecule has 1 saturated heterocycles. The molecule has 0 N–H and O–H groups in total. The SMILES string of the molecule is O=C1S/C(=C\c2ccccc2OCc2ccc(F)cc2)C(=O)N1Cc1ccc(Br)cc1. The molecule has 31 heavy (non-hydrogen) atoms. The number of benzene rings is 3. The smallest absolute Gasteiger partial charge is 0.293 e. The maximum Gasteiger partial charge on any atom is 0.293 e. The Balaban J connectivity index is 1.50. The van der Waals surface area contributed by atoms with Gasteiger partial charge in [0.2, 0.25) is 0 Å². The Morgan fingerprint density at radius 3 is 2.35 bits per heavy atom. The monoisotopic (exact) mass is 497 g/mol. The maximum atomic E-state index is 13.1. The zero-order valence-corrected chi connectivity index (χ0v) is 18.7. The second kappa shape index (κ2) is 9.49. The number of halogens is 2. The first-order valence-corrected chi connectivity index (χ1v) is 11.1. The van der Waals surface area contributed by atoms with Crippen LogP contribution in [0.5, 0.6) is 5.75 Å². The number of imide groups is 1. The summed E-state index contributed by atoms with van der Waals surface area (Å²) in [4.78, 5) is 26.9. The lowest BCUT2D eigenvalue weighted by Gasteiger charge is -2.12. The molecule has 0 radical (unpaired) electrons. The highest BCUT2D eigenvalue weighted by atomic mass is 79.9. The Bertz CT molecular complexity index is 1150. The number of para-hydroxylation sites is 1. The number of nitrogens with zero attached hydrogens (tertiary/aromatic N) is 1. The van der Waals surface area contributed by atoms with Crippen molar-refractivity contribution in [1.29, 1.82) is 0 Å². The lowest BCUT2D eigenvalue weighted by molar-refractivity contribution is -0.123. The van der Waals surface area contributed by atoms with Crippen molar-refractivity contribution >= 4 is 44.9 Å². The maximum absolute atomic E-state index is 13.1. The fourth-order valence-electron chi connectivity index (χ4n) is 3.02. The van der Waals surface area contributed by atoms with E-state index < -0.39 is 0 Å². The van der Waals surface area contributed by atoms with E-state index in [-0.39, 0.29) is 30.1 Å². The lowest BCUT2D eigenvalue weighted by Crippen LogP contribution is -2.27. The van der Waals surface area contributed by atoms with Gasteiger partial charge >= 0.3 is 0 Å². The van der Waals surface area contributed by atoms with Crippen LogP contribution in [0.4, 0.5) is 9.18 Å². The molecule has 0 atom stereocenters. The van der Waals surface area contributed by atoms with E-state index in [1.807, 2.05) is 42.5 Å². The van der Waals surface area contributed by atoms with E-state index in [0.717, 1.165) is 27.4 Å². The summed E-state index contributed by atoms with van der Waals surface area (Å²) in [6.07, 6.45) is 1.67. The third-order valence-corrected chi connectivity index (χ3v) is 6.08. The van der Waals surface area contributed by atoms with Crippen LogP contribution in [0.2, 0.25) is 0 Å². The van der Waals surface area contributed by atoms with Gasteiger partial charge in [-0.15, -0.1) is 0 Å². The number of hydrogen-bond acceptors (Lipinski definition) is 4. The van der Waals surface area contributed by atoms with Gasteiger partial charge in [-0.25, -0.2) is 4.39 Å². The molecule has 156 valence electrons. The van der Waals surface area contributed by atoms with Gasteiger partial charge in [-0.05, 0) is 59.3 Å². The fourth-order valence-corrected chi connectivity index (χ4v) is 4.12. The van der Waals surface area contributed by atoms with Crippen LogP contribution in [0.1, 0.15) is 16.7 Å². The minimum absolute atomic E-state index is 0.220. The molecule has 3 aromatic rings. The Morgan fingerprint density at radius 1 is 0.935 bits per heavy atom. The quantitative estimate of drug-likeness (QED) is 0.369. The minimum atomic E-state index is -0.328. The van der Waals surface area contributed by atoms with E-state index in [1.54, 1.807) is 24.3 Å². The highest BCUT2D eigenvalue weighted by Gasteiger charge is 2.35. The molecule has 0 saturated carbocycles. The van der Waals surface area contributed by atoms with Gasteiger partial charge in [-0.3, -0.25) is 14.5 Å². The summed E-state index contributed by atoms with van der Waals surface area (Å²) >= 11 is 4.29. The topological polar surface area (TPSA) is 46.6 Å². The molecule has 3 aromatic carbocycles. The van der Waals surface area contributed by atoms with E-state index in [9.17, 15) is 14.0 Å². The molecule has 7 heteroatoms. The Hall–Kier alpha value is -2.90. The molecule has 1 heterocycles. The van der Waals surface area contributed by atoms with Crippen LogP contribution in [-0.2, 0) is 17.9 Å². The predicted octanol–water partition coefficient (Wildman–Crippen LogP) is 6.40. The zero-order valence-electron chi connectivity index (χ0n) is 16.3. The third-order valence-electron chi connectivity index (χ3n) is 4.64. The first-order chi connectivity index (χ1) is 15.0. The van der Waals surface area contributed by atoms with Crippen LogP contribution < -0.4 is 4.74 Å². The highest BCUT2D eigenvalue weighted by molar-refractivity contribution is 9.10. The predicted molar refractivity (Wildman–Crippen MR) is 123 cm³/mol. The molecule has 1 aliphatic heterocycles. The Morgan fingerprint density at radius 2 is 1.61 bits per heavy atom. The van der Waals surface area contributed by atoms with Gasteiger partial charge in [0, 0.05) is 10.0 Å². The van der Waals surface area contributed by atoms with Gasteiger partial charge in [0.05, 0.1) is 11.4 Å². The van der Waals surface area contributed by atoms with Crippen molar-refractivity contribution in [2.75, 3.05) is 0 Å². The fraction of sp³-hybridized carbons (Fsp3) is 0.0833. The number of hydrogen-bond donors (Lipinski definition) is 0. The molecular formula is C24H17BrFNO3S. The molecule has 0 aliphatic carbocycles. The average Bonchev–Trinajstić information content (AvgIpc) is 3.03. The zero-order chi connectivity index (χ0) is 21.8. The van der Waals surface area contributed by atoms with Crippen molar-refractivity contribution in [3.63, 3.8) is 0 Å². The normalized spacial score (nSPS) is 15.0. The summed E-state index contributed by atoms with van der Waals surface area (Å²) in [7, 11) is 0. The van der Waals surface area contributed by atoms with Crippen LogP contribution in [0, 0.1) is 5.82 Å². The molecule has 2 amide bonds. The number of thioether (sulfide) groups is 1. The van der Waals surface area contributed by atoms with Crippen molar-refractivity contribution in [3.05, 3.63) is 105 Å². The molecule has 1 fully saturated rings. The van der Waals surface area contributed by atoms with Crippen molar-refractivity contribution in [2.24, 2.45) is 0 Å². The first-order valence-electron chi connectivity index (χ1n) is 9.46. The summed E-state index contributed by atoms with van der Waals surface area (Å²) in [6, 6.07) is 20.8. The Kier molecular flexibility index (Phi) is 6.53. The molecule has 4 rings (SSSR count). The average molecular weight is 498 g/mol. The van der Waals surface area contributed by atoms with E-state index in [0.29, 0.717) is 16.2 Å². The van der Waals surface area contributed by atoms with Gasteiger partial charge < -0.3 is 4.74 Å². The first kappa shape index (κ1) is 21.3. The molecule has 0 bridgehead atoms. The van der Waals surface area contributed by atoms with E-state index in [2.05, 4.69) is 15.9 Å². The second-order valence-electron chi connectivity index (χ2n) is 6.85. The second-order valence-corrected chi connectivity index (χ2v) is 8.76. The van der Waals surface area contributed by atoms with Gasteiger partial charge in [0.25, 0.3) is 11.1 Å². The molecule has 0 spiro atoms. The van der Waals surface area contributed by atoms with E-state index in [1.165, 1.54) is 17.0 Å². The number of carbonyl (C=O) groups is 2. The van der Waals surface area contributed by atoms with Gasteiger partial charge in [-0.2, -0.15) is 0 Å². The molecule has 0 aromatic heterocycles. The van der Waals surface area contributed by atoms with Gasteiger partial charge in [0.15, 0.2) is 0 Å². The van der Waals surface area contributed by atoms with Gasteiger partial charge in [-0.1, -0.05) is 58.4 Å². The summed E-state index contributed by atoms with van der Waals surface area (Å²) < 4.78 is 19.9. The van der Waals surface area contributed by atoms with Crippen LogP contribution in [0.3, 0.4) is 0 Å². The molecule has 4 nitrogen and oxygen atoms in total. The standard InChI is InChI=1S/C24H17BrFNO3S/c25-19-9-5-16(6-10-19)14-27-23(28)22(31-24(27)29)13-18-3-1-2-4-21(18)30-15-17-7-11-20(26)12-8-17/h1-13H,14-15H2/b22-13-. The van der Waals surface area contributed by atoms with Crippen molar-refractivity contribution in [2.45, 2.75) is 13.2 Å². The van der Waals surface area contributed by atoms with Crippen LogP contribution in [-0.4, -0.2) is 16.0 Å². The highest BCUT2D eigenvalue weighted by Crippen LogP contribution is 2.35. The number of amides is 2. The number of ether oxygens (including phenoxy) is 1. The summed E-state index contributed by atoms with van der Waals surface area (Å²) in [5.74, 6) is -0.0548. The Labute approximate surface area is 191 Å². The van der Waals surface area contributed by atoms with Crippen molar-refractivity contribution in [1.82, 2.24) is 4.90 Å². The third kappa shape index (κ3) is 5.24. The number of carbonyl (C=O) groups excluding carboxylic acids is 2. The van der Waals surface area contributed by atoms with Gasteiger partial charge in [0.1, 0.15) is 18.2 Å². The number of rotatable bonds is 6. The van der Waals surface area contributed by atoms with Crippen LogP contribution in [0.25, 0.3) is 6.08 Å². The summed E-state index contributed by atoms with van der Waals surface area (Å²) in [5.41, 5.74) is 2.39. The molecule has 1 aliphatic rings. The van der Waals surface area contributed by atoms with Crippen LogP contribution in [0.15, 0.2) is 82.2 Å². The van der Waals surface area contributed by atoms with Crippen molar-refractivity contribution < 1.29 is 18.7 Å². The molecular weight excluding hydrogens is 481 g/mol. The van der Waals surface area contributed by atoms with Crippen LogP contribution >= 0.6 is 27.7 Å². The summed E-state index contributed by atoms with van der Waals surface area (Å²) in [6.45, 7) is 0.480.